The van der Waals surface area contributed by atoms with Gasteiger partial charge in [0.2, 0.25) is 0 Å². The van der Waals surface area contributed by atoms with Gasteiger partial charge in [0, 0.05) is 0 Å². The zero-order valence-electron chi connectivity index (χ0n) is 12.8. The summed E-state index contributed by atoms with van der Waals surface area (Å²) in [6, 6.07) is 7.92. The van der Waals surface area contributed by atoms with Gasteiger partial charge in [0.15, 0.2) is 0 Å². The van der Waals surface area contributed by atoms with Crippen LogP contribution in [-0.4, -0.2) is 23.8 Å². The van der Waals surface area contributed by atoms with Gasteiger partial charge in [-0.15, -0.1) is 0 Å². The van der Waals surface area contributed by atoms with Crippen LogP contribution in [0.3, 0.4) is 0 Å². The summed E-state index contributed by atoms with van der Waals surface area (Å²) in [6.07, 6.45) is 5.88. The first-order valence-electron chi connectivity index (χ1n) is 7.77. The number of carbonyl (C=O) groups excluding carboxylic acids is 1. The van der Waals surface area contributed by atoms with Gasteiger partial charge < -0.3 is 9.84 Å². The van der Waals surface area contributed by atoms with Crippen LogP contribution in [0.2, 0.25) is 0 Å². The van der Waals surface area contributed by atoms with E-state index in [0.29, 0.717) is 6.61 Å². The Morgan fingerprint density at radius 1 is 1.38 bits per heavy atom. The second-order valence-corrected chi connectivity index (χ2v) is 5.62. The quantitative estimate of drug-likeness (QED) is 0.860. The minimum atomic E-state index is -0.295. The Hall–Kier alpha value is -1.61. The summed E-state index contributed by atoms with van der Waals surface area (Å²) in [5.74, 6) is -0.432. The number of carbonyl (C=O) groups is 1. The molecule has 1 aromatic carbocycles. The summed E-state index contributed by atoms with van der Waals surface area (Å²) in [6.45, 7) is 4.08. The molecule has 0 aromatic heterocycles. The van der Waals surface area contributed by atoms with Crippen LogP contribution in [-0.2, 0) is 9.53 Å². The SMILES string of the molecule is CCOC(=O)C(C)c1ccc(C=C2CCCCC2O)cc1. The van der Waals surface area contributed by atoms with E-state index in [-0.39, 0.29) is 18.0 Å². The third kappa shape index (κ3) is 4.18. The molecule has 1 fully saturated rings. The van der Waals surface area contributed by atoms with Crippen LogP contribution in [0.5, 0.6) is 0 Å². The molecular weight excluding hydrogens is 264 g/mol. The van der Waals surface area contributed by atoms with Crippen molar-refractivity contribution in [1.82, 2.24) is 0 Å². The monoisotopic (exact) mass is 288 g/mol. The molecule has 2 atom stereocenters. The Morgan fingerprint density at radius 3 is 2.71 bits per heavy atom. The van der Waals surface area contributed by atoms with Crippen molar-refractivity contribution < 1.29 is 14.6 Å². The van der Waals surface area contributed by atoms with Crippen molar-refractivity contribution in [2.75, 3.05) is 6.61 Å². The first kappa shape index (κ1) is 15.8. The lowest BCUT2D eigenvalue weighted by atomic mass is 9.90. The summed E-state index contributed by atoms with van der Waals surface area (Å²) >= 11 is 0. The predicted octanol–water partition coefficient (Wildman–Crippen LogP) is 3.67. The molecule has 1 saturated carbocycles. The van der Waals surface area contributed by atoms with E-state index in [1.165, 1.54) is 0 Å². The van der Waals surface area contributed by atoms with E-state index < -0.39 is 0 Å². The largest absolute Gasteiger partial charge is 0.466 e. The average molecular weight is 288 g/mol. The molecule has 1 N–H and O–H groups in total. The molecule has 0 spiro atoms. The van der Waals surface area contributed by atoms with Crippen molar-refractivity contribution in [3.05, 3.63) is 41.0 Å². The van der Waals surface area contributed by atoms with Gasteiger partial charge in [-0.2, -0.15) is 0 Å². The van der Waals surface area contributed by atoms with E-state index in [4.69, 9.17) is 4.74 Å². The van der Waals surface area contributed by atoms with E-state index in [1.54, 1.807) is 0 Å². The highest BCUT2D eigenvalue weighted by molar-refractivity contribution is 5.77. The minimum absolute atomic E-state index is 0.189. The zero-order valence-corrected chi connectivity index (χ0v) is 12.8. The van der Waals surface area contributed by atoms with Gasteiger partial charge in [0.1, 0.15) is 0 Å². The maximum atomic E-state index is 11.7. The molecule has 0 bridgehead atoms. The molecule has 3 heteroatoms. The molecule has 1 aliphatic carbocycles. The summed E-state index contributed by atoms with van der Waals surface area (Å²) in [5, 5.41) is 9.98. The molecule has 114 valence electrons. The molecular formula is C18H24O3. The number of hydrogen-bond donors (Lipinski definition) is 1. The van der Waals surface area contributed by atoms with Gasteiger partial charge >= 0.3 is 5.97 Å². The standard InChI is InChI=1S/C18H24O3/c1-3-21-18(20)13(2)15-10-8-14(9-11-15)12-16-6-4-5-7-17(16)19/h8-13,17,19H,3-7H2,1-2H3. The molecule has 2 unspecified atom stereocenters. The predicted molar refractivity (Wildman–Crippen MR) is 83.9 cm³/mol. The summed E-state index contributed by atoms with van der Waals surface area (Å²) in [7, 11) is 0. The van der Waals surface area contributed by atoms with Crippen molar-refractivity contribution in [3.8, 4) is 0 Å². The van der Waals surface area contributed by atoms with Crippen LogP contribution < -0.4 is 0 Å². The number of aliphatic hydroxyl groups is 1. The van der Waals surface area contributed by atoms with Crippen molar-refractivity contribution in [2.45, 2.75) is 51.6 Å². The molecule has 0 saturated heterocycles. The molecule has 21 heavy (non-hydrogen) atoms. The summed E-state index contributed by atoms with van der Waals surface area (Å²) in [4.78, 5) is 11.7. The Morgan fingerprint density at radius 2 is 2.10 bits per heavy atom. The lowest BCUT2D eigenvalue weighted by Crippen LogP contribution is -2.14. The maximum Gasteiger partial charge on any atom is 0.313 e. The van der Waals surface area contributed by atoms with Crippen LogP contribution >= 0.6 is 0 Å². The first-order valence-corrected chi connectivity index (χ1v) is 7.77. The number of aliphatic hydroxyl groups excluding tert-OH is 1. The van der Waals surface area contributed by atoms with Gasteiger partial charge in [0.05, 0.1) is 18.6 Å². The second-order valence-electron chi connectivity index (χ2n) is 5.62. The van der Waals surface area contributed by atoms with Crippen LogP contribution in [0.4, 0.5) is 0 Å². The third-order valence-electron chi connectivity index (χ3n) is 4.05. The number of ether oxygens (including phenoxy) is 1. The lowest BCUT2D eigenvalue weighted by molar-refractivity contribution is -0.144. The lowest BCUT2D eigenvalue weighted by Gasteiger charge is -2.20. The second kappa shape index (κ2) is 7.41. The highest BCUT2D eigenvalue weighted by atomic mass is 16.5. The third-order valence-corrected chi connectivity index (χ3v) is 4.05. The fraction of sp³-hybridized carbons (Fsp3) is 0.500. The Bertz CT molecular complexity index is 502. The van der Waals surface area contributed by atoms with E-state index in [0.717, 1.165) is 42.4 Å². The van der Waals surface area contributed by atoms with Crippen molar-refractivity contribution in [1.29, 1.82) is 0 Å². The van der Waals surface area contributed by atoms with E-state index in [2.05, 4.69) is 6.08 Å². The van der Waals surface area contributed by atoms with Gasteiger partial charge in [-0.05, 0) is 49.8 Å². The Kier molecular flexibility index (Phi) is 5.57. The summed E-state index contributed by atoms with van der Waals surface area (Å²) in [5.41, 5.74) is 3.15. The van der Waals surface area contributed by atoms with E-state index in [9.17, 15) is 9.90 Å². The summed E-state index contributed by atoms with van der Waals surface area (Å²) < 4.78 is 5.04. The Balaban J connectivity index is 2.08. The molecule has 1 aromatic rings. The molecule has 2 rings (SSSR count). The normalized spacial score (nSPS) is 22.0. The molecule has 0 radical (unpaired) electrons. The average Bonchev–Trinajstić information content (AvgIpc) is 2.50. The highest BCUT2D eigenvalue weighted by Gasteiger charge is 2.17. The maximum absolute atomic E-state index is 11.7. The van der Waals surface area contributed by atoms with Crippen LogP contribution in [0, 0.1) is 0 Å². The molecule has 1 aliphatic rings. The van der Waals surface area contributed by atoms with Gasteiger partial charge in [-0.3, -0.25) is 4.79 Å². The molecule has 0 heterocycles. The van der Waals surface area contributed by atoms with Crippen molar-refractivity contribution in [3.63, 3.8) is 0 Å². The molecule has 0 amide bonds. The number of rotatable bonds is 4. The van der Waals surface area contributed by atoms with Gasteiger partial charge in [-0.1, -0.05) is 36.8 Å². The van der Waals surface area contributed by atoms with Gasteiger partial charge in [0.25, 0.3) is 0 Å². The van der Waals surface area contributed by atoms with Crippen LogP contribution in [0.15, 0.2) is 29.8 Å². The topological polar surface area (TPSA) is 46.5 Å². The van der Waals surface area contributed by atoms with Crippen LogP contribution in [0.25, 0.3) is 6.08 Å². The first-order chi connectivity index (χ1) is 10.1. The zero-order chi connectivity index (χ0) is 15.2. The van der Waals surface area contributed by atoms with Gasteiger partial charge in [-0.25, -0.2) is 0 Å². The van der Waals surface area contributed by atoms with E-state index >= 15 is 0 Å². The molecule has 0 aliphatic heterocycles. The Labute approximate surface area is 126 Å². The number of benzene rings is 1. The van der Waals surface area contributed by atoms with E-state index in [1.807, 2.05) is 38.1 Å². The smallest absolute Gasteiger partial charge is 0.313 e. The fourth-order valence-corrected chi connectivity index (χ4v) is 2.69. The van der Waals surface area contributed by atoms with Crippen molar-refractivity contribution >= 4 is 12.0 Å². The van der Waals surface area contributed by atoms with Crippen molar-refractivity contribution in [2.24, 2.45) is 0 Å². The highest BCUT2D eigenvalue weighted by Crippen LogP contribution is 2.26. The number of esters is 1. The molecule has 3 nitrogen and oxygen atoms in total. The number of hydrogen-bond acceptors (Lipinski definition) is 3. The minimum Gasteiger partial charge on any atom is -0.466 e. The van der Waals surface area contributed by atoms with Crippen LogP contribution in [0.1, 0.15) is 56.6 Å². The fourth-order valence-electron chi connectivity index (χ4n) is 2.69.